The van der Waals surface area contributed by atoms with Gasteiger partial charge in [0.1, 0.15) is 0 Å². The molecule has 0 aromatic carbocycles. The molecule has 0 unspecified atom stereocenters. The molecule has 0 amide bonds. The molecule has 0 atom stereocenters. The van der Waals surface area contributed by atoms with Crippen LogP contribution in [0.15, 0.2) is 22.2 Å². The minimum Gasteiger partial charge on any atom is -0.386 e. The average Bonchev–Trinajstić information content (AvgIpc) is 2.05. The number of hydrogen-bond acceptors (Lipinski definition) is 4. The summed E-state index contributed by atoms with van der Waals surface area (Å²) in [6, 6.07) is 0. The first kappa shape index (κ1) is 10.7. The van der Waals surface area contributed by atoms with E-state index in [4.69, 9.17) is 11.6 Å². The van der Waals surface area contributed by atoms with Crippen LogP contribution in [0.1, 0.15) is 19.8 Å². The first-order chi connectivity index (χ1) is 5.81. The quantitative estimate of drug-likeness (QED) is 0.235. The summed E-state index contributed by atoms with van der Waals surface area (Å²) in [7, 11) is 0. The Morgan fingerprint density at radius 3 is 2.92 bits per heavy atom. The molecule has 5 N–H and O–H groups in total. The molecule has 0 spiro atoms. The van der Waals surface area contributed by atoms with E-state index in [0.29, 0.717) is 6.54 Å². The normalized spacial score (nSPS) is 12.2. The zero-order valence-electron chi connectivity index (χ0n) is 7.45. The van der Waals surface area contributed by atoms with E-state index in [2.05, 4.69) is 15.7 Å². The zero-order chi connectivity index (χ0) is 9.23. The fourth-order valence-corrected chi connectivity index (χ4v) is 0.732. The number of nitrogens with one attached hydrogen (secondary N) is 1. The highest BCUT2D eigenvalue weighted by Crippen LogP contribution is 1.84. The molecule has 0 saturated heterocycles. The van der Waals surface area contributed by atoms with Gasteiger partial charge in [-0.2, -0.15) is 5.11 Å². The smallest absolute Gasteiger partial charge is 0.0918 e. The van der Waals surface area contributed by atoms with Crippen molar-refractivity contribution in [2.75, 3.05) is 13.1 Å². The van der Waals surface area contributed by atoms with Crippen LogP contribution in [-0.4, -0.2) is 13.1 Å². The van der Waals surface area contributed by atoms with E-state index in [1.54, 1.807) is 0 Å². The van der Waals surface area contributed by atoms with E-state index < -0.39 is 0 Å². The van der Waals surface area contributed by atoms with Crippen molar-refractivity contribution in [3.63, 3.8) is 0 Å². The first-order valence-electron chi connectivity index (χ1n) is 4.07. The molecule has 0 aromatic heterocycles. The molecule has 0 aliphatic carbocycles. The molecule has 0 rings (SSSR count). The van der Waals surface area contributed by atoms with Crippen molar-refractivity contribution >= 4 is 0 Å². The van der Waals surface area contributed by atoms with Crippen LogP contribution in [0.5, 0.6) is 0 Å². The Morgan fingerprint density at radius 2 is 2.33 bits per heavy atom. The SMILES string of the molecule is CC/C=C(/N)NCCCN=NN. The van der Waals surface area contributed by atoms with Crippen LogP contribution in [-0.2, 0) is 0 Å². The van der Waals surface area contributed by atoms with E-state index in [9.17, 15) is 0 Å². The van der Waals surface area contributed by atoms with Gasteiger partial charge >= 0.3 is 0 Å². The fourth-order valence-electron chi connectivity index (χ4n) is 0.732. The van der Waals surface area contributed by atoms with Gasteiger partial charge in [0.2, 0.25) is 0 Å². The second-order valence-corrected chi connectivity index (χ2v) is 2.33. The summed E-state index contributed by atoms with van der Waals surface area (Å²) >= 11 is 0. The predicted octanol–water partition coefficient (Wildman–Crippen LogP) is 0.502. The third-order valence-corrected chi connectivity index (χ3v) is 1.27. The van der Waals surface area contributed by atoms with Gasteiger partial charge < -0.3 is 16.9 Å². The number of nitrogens with zero attached hydrogens (tertiary/aromatic N) is 2. The number of nitrogens with two attached hydrogens (primary N) is 2. The zero-order valence-corrected chi connectivity index (χ0v) is 7.45. The van der Waals surface area contributed by atoms with Crippen LogP contribution < -0.4 is 16.9 Å². The van der Waals surface area contributed by atoms with Gasteiger partial charge in [-0.1, -0.05) is 12.1 Å². The maximum atomic E-state index is 5.57. The van der Waals surface area contributed by atoms with Crippen LogP contribution >= 0.6 is 0 Å². The van der Waals surface area contributed by atoms with E-state index in [1.165, 1.54) is 0 Å². The van der Waals surface area contributed by atoms with Crippen molar-refractivity contribution in [1.29, 1.82) is 0 Å². The highest BCUT2D eigenvalue weighted by Gasteiger charge is 1.87. The number of allylic oxidation sites excluding steroid dienone is 1. The van der Waals surface area contributed by atoms with Crippen LogP contribution in [0.25, 0.3) is 0 Å². The number of hydrogen-bond donors (Lipinski definition) is 3. The Labute approximate surface area is 72.9 Å². The highest BCUT2D eigenvalue weighted by atomic mass is 15.3. The lowest BCUT2D eigenvalue weighted by atomic mass is 10.4. The summed E-state index contributed by atoms with van der Waals surface area (Å²) in [4.78, 5) is 0. The Morgan fingerprint density at radius 1 is 1.58 bits per heavy atom. The van der Waals surface area contributed by atoms with Crippen molar-refractivity contribution in [2.45, 2.75) is 19.8 Å². The largest absolute Gasteiger partial charge is 0.386 e. The van der Waals surface area contributed by atoms with E-state index in [0.717, 1.165) is 25.2 Å². The van der Waals surface area contributed by atoms with Gasteiger partial charge in [-0.05, 0) is 18.9 Å². The van der Waals surface area contributed by atoms with Crippen LogP contribution in [0.3, 0.4) is 0 Å². The lowest BCUT2D eigenvalue weighted by Crippen LogP contribution is -2.21. The van der Waals surface area contributed by atoms with Gasteiger partial charge in [0.25, 0.3) is 0 Å². The molecule has 0 heterocycles. The van der Waals surface area contributed by atoms with Gasteiger partial charge in [0.15, 0.2) is 0 Å². The molecule has 0 radical (unpaired) electrons. The van der Waals surface area contributed by atoms with Crippen LogP contribution in [0, 0.1) is 0 Å². The Hall–Kier alpha value is -1.26. The molecule has 12 heavy (non-hydrogen) atoms. The maximum Gasteiger partial charge on any atom is 0.0918 e. The van der Waals surface area contributed by atoms with E-state index in [-0.39, 0.29) is 0 Å². The second-order valence-electron chi connectivity index (χ2n) is 2.33. The summed E-state index contributed by atoms with van der Waals surface area (Å²) < 4.78 is 0. The summed E-state index contributed by atoms with van der Waals surface area (Å²) in [6.07, 6.45) is 3.77. The summed E-state index contributed by atoms with van der Waals surface area (Å²) in [5.41, 5.74) is 5.57. The monoisotopic (exact) mass is 171 g/mol. The van der Waals surface area contributed by atoms with Crippen molar-refractivity contribution in [3.8, 4) is 0 Å². The predicted molar refractivity (Wildman–Crippen MR) is 49.1 cm³/mol. The van der Waals surface area contributed by atoms with Crippen molar-refractivity contribution < 1.29 is 0 Å². The Bertz CT molecular complexity index is 152. The summed E-state index contributed by atoms with van der Waals surface area (Å²) in [5, 5.41) is 9.80. The Balaban J connectivity index is 3.25. The number of rotatable bonds is 6. The molecule has 0 aliphatic heterocycles. The van der Waals surface area contributed by atoms with Gasteiger partial charge in [-0.3, -0.25) is 0 Å². The van der Waals surface area contributed by atoms with Gasteiger partial charge in [-0.15, -0.1) is 0 Å². The maximum absolute atomic E-state index is 5.57. The molecular formula is C7H17N5. The van der Waals surface area contributed by atoms with Crippen molar-refractivity contribution in [2.24, 2.45) is 21.9 Å². The van der Waals surface area contributed by atoms with Gasteiger partial charge in [-0.25, -0.2) is 0 Å². The minimum atomic E-state index is 0.642. The van der Waals surface area contributed by atoms with Crippen molar-refractivity contribution in [3.05, 3.63) is 11.9 Å². The van der Waals surface area contributed by atoms with E-state index in [1.807, 2.05) is 13.0 Å². The molecular weight excluding hydrogens is 154 g/mol. The third-order valence-electron chi connectivity index (χ3n) is 1.27. The first-order valence-corrected chi connectivity index (χ1v) is 4.07. The molecule has 0 fully saturated rings. The lowest BCUT2D eigenvalue weighted by molar-refractivity contribution is 0.704. The van der Waals surface area contributed by atoms with Crippen LogP contribution in [0.4, 0.5) is 0 Å². The molecule has 70 valence electrons. The summed E-state index contributed by atoms with van der Waals surface area (Å²) in [6.45, 7) is 3.49. The molecule has 5 nitrogen and oxygen atoms in total. The summed E-state index contributed by atoms with van der Waals surface area (Å²) in [5.74, 6) is 5.54. The van der Waals surface area contributed by atoms with Gasteiger partial charge in [0, 0.05) is 6.54 Å². The lowest BCUT2D eigenvalue weighted by Gasteiger charge is -2.03. The highest BCUT2D eigenvalue weighted by molar-refractivity contribution is 4.92. The van der Waals surface area contributed by atoms with Crippen LogP contribution in [0.2, 0.25) is 0 Å². The molecule has 0 bridgehead atoms. The fraction of sp³-hybridized carbons (Fsp3) is 0.714. The van der Waals surface area contributed by atoms with E-state index >= 15 is 0 Å². The Kier molecular flexibility index (Phi) is 7.02. The van der Waals surface area contributed by atoms with Crippen molar-refractivity contribution in [1.82, 2.24) is 5.32 Å². The second kappa shape index (κ2) is 7.84. The molecule has 0 aliphatic rings. The molecule has 5 heteroatoms. The average molecular weight is 171 g/mol. The third kappa shape index (κ3) is 6.85. The van der Waals surface area contributed by atoms with Gasteiger partial charge in [0.05, 0.1) is 12.4 Å². The topological polar surface area (TPSA) is 88.8 Å². The minimum absolute atomic E-state index is 0.642. The molecule has 0 saturated carbocycles. The standard InChI is InChI=1S/C7H17N5/c1-2-4-7(8)10-5-3-6-11-12-9/h4,10H,2-3,5-6,8H2,1H3,(H2,9,11)/b7-4-. The molecule has 0 aromatic rings.